The van der Waals surface area contributed by atoms with Crippen LogP contribution in [0.4, 0.5) is 0 Å². The van der Waals surface area contributed by atoms with Crippen molar-refractivity contribution >= 4 is 0 Å². The SMILES string of the molecule is CCCCC(CC)CNC(C)N. The maximum absolute atomic E-state index is 5.61. The van der Waals surface area contributed by atoms with Gasteiger partial charge >= 0.3 is 0 Å². The lowest BCUT2D eigenvalue weighted by atomic mass is 9.99. The largest absolute Gasteiger partial charge is 0.316 e. The van der Waals surface area contributed by atoms with E-state index < -0.39 is 0 Å². The summed E-state index contributed by atoms with van der Waals surface area (Å²) in [5.41, 5.74) is 5.61. The molecular weight excluding hydrogens is 148 g/mol. The molecule has 3 N–H and O–H groups in total. The Kier molecular flexibility index (Phi) is 7.51. The smallest absolute Gasteiger partial charge is 0.0517 e. The van der Waals surface area contributed by atoms with Gasteiger partial charge in [0.15, 0.2) is 0 Å². The monoisotopic (exact) mass is 172 g/mol. The molecule has 0 fully saturated rings. The molecule has 0 spiro atoms. The summed E-state index contributed by atoms with van der Waals surface area (Å²) in [4.78, 5) is 0. The summed E-state index contributed by atoms with van der Waals surface area (Å²) >= 11 is 0. The Labute approximate surface area is 76.9 Å². The Bertz CT molecular complexity index is 91.8. The minimum Gasteiger partial charge on any atom is -0.316 e. The predicted molar refractivity (Wildman–Crippen MR) is 55.0 cm³/mol. The molecule has 0 heterocycles. The second-order valence-electron chi connectivity index (χ2n) is 3.61. The van der Waals surface area contributed by atoms with E-state index in [2.05, 4.69) is 19.2 Å². The van der Waals surface area contributed by atoms with Crippen molar-refractivity contribution in [1.82, 2.24) is 5.32 Å². The summed E-state index contributed by atoms with van der Waals surface area (Å²) in [6, 6.07) is 0. The Morgan fingerprint density at radius 3 is 2.42 bits per heavy atom. The summed E-state index contributed by atoms with van der Waals surface area (Å²) in [6.07, 6.45) is 5.39. The lowest BCUT2D eigenvalue weighted by molar-refractivity contribution is 0.398. The van der Waals surface area contributed by atoms with Gasteiger partial charge in [0.05, 0.1) is 6.17 Å². The molecule has 0 aromatic heterocycles. The van der Waals surface area contributed by atoms with Gasteiger partial charge in [-0.25, -0.2) is 0 Å². The molecule has 0 saturated heterocycles. The topological polar surface area (TPSA) is 38.0 Å². The molecule has 0 amide bonds. The number of hydrogen-bond acceptors (Lipinski definition) is 2. The van der Waals surface area contributed by atoms with Gasteiger partial charge in [0.25, 0.3) is 0 Å². The maximum Gasteiger partial charge on any atom is 0.0517 e. The number of rotatable bonds is 7. The van der Waals surface area contributed by atoms with E-state index in [9.17, 15) is 0 Å². The van der Waals surface area contributed by atoms with Crippen LogP contribution in [0.1, 0.15) is 46.5 Å². The van der Waals surface area contributed by atoms with Gasteiger partial charge in [-0.05, 0) is 25.8 Å². The van der Waals surface area contributed by atoms with Crippen molar-refractivity contribution in [2.45, 2.75) is 52.6 Å². The average molecular weight is 172 g/mol. The van der Waals surface area contributed by atoms with Crippen LogP contribution in [-0.4, -0.2) is 12.7 Å². The molecule has 2 nitrogen and oxygen atoms in total. The van der Waals surface area contributed by atoms with E-state index in [0.717, 1.165) is 12.5 Å². The highest BCUT2D eigenvalue weighted by Crippen LogP contribution is 2.10. The molecule has 0 aromatic carbocycles. The first-order valence-electron chi connectivity index (χ1n) is 5.19. The summed E-state index contributed by atoms with van der Waals surface area (Å²) in [5.74, 6) is 0.816. The third kappa shape index (κ3) is 6.62. The van der Waals surface area contributed by atoms with Crippen LogP contribution in [0.25, 0.3) is 0 Å². The van der Waals surface area contributed by atoms with Gasteiger partial charge < -0.3 is 11.1 Å². The van der Waals surface area contributed by atoms with E-state index in [1.54, 1.807) is 0 Å². The van der Waals surface area contributed by atoms with Crippen LogP contribution in [0.3, 0.4) is 0 Å². The van der Waals surface area contributed by atoms with Crippen LogP contribution in [-0.2, 0) is 0 Å². The third-order valence-electron chi connectivity index (χ3n) is 2.27. The molecule has 2 heteroatoms. The van der Waals surface area contributed by atoms with Crippen molar-refractivity contribution < 1.29 is 0 Å². The van der Waals surface area contributed by atoms with Crippen LogP contribution in [0, 0.1) is 5.92 Å². The van der Waals surface area contributed by atoms with E-state index in [1.807, 2.05) is 6.92 Å². The molecule has 2 unspecified atom stereocenters. The molecule has 0 aliphatic carbocycles. The van der Waals surface area contributed by atoms with Crippen molar-refractivity contribution in [1.29, 1.82) is 0 Å². The minimum atomic E-state index is 0.140. The summed E-state index contributed by atoms with van der Waals surface area (Å²) < 4.78 is 0. The van der Waals surface area contributed by atoms with Crippen LogP contribution in [0.15, 0.2) is 0 Å². The van der Waals surface area contributed by atoms with E-state index >= 15 is 0 Å². The molecule has 0 aromatic rings. The maximum atomic E-state index is 5.61. The van der Waals surface area contributed by atoms with Crippen molar-refractivity contribution in [3.05, 3.63) is 0 Å². The van der Waals surface area contributed by atoms with E-state index in [1.165, 1.54) is 25.7 Å². The Morgan fingerprint density at radius 1 is 1.33 bits per heavy atom. The van der Waals surface area contributed by atoms with Crippen molar-refractivity contribution in [3.8, 4) is 0 Å². The zero-order valence-corrected chi connectivity index (χ0v) is 8.77. The number of unbranched alkanes of at least 4 members (excludes halogenated alkanes) is 1. The van der Waals surface area contributed by atoms with E-state index in [0.29, 0.717) is 0 Å². The molecule has 2 atom stereocenters. The number of hydrogen-bond donors (Lipinski definition) is 2. The minimum absolute atomic E-state index is 0.140. The molecule has 0 rings (SSSR count). The molecule has 74 valence electrons. The number of nitrogens with one attached hydrogen (secondary N) is 1. The second kappa shape index (κ2) is 7.56. The van der Waals surface area contributed by atoms with Crippen LogP contribution < -0.4 is 11.1 Å². The molecule has 12 heavy (non-hydrogen) atoms. The van der Waals surface area contributed by atoms with Crippen LogP contribution in [0.2, 0.25) is 0 Å². The molecular formula is C10H24N2. The quantitative estimate of drug-likeness (QED) is 0.577. The number of nitrogens with two attached hydrogens (primary N) is 1. The van der Waals surface area contributed by atoms with Gasteiger partial charge in [-0.15, -0.1) is 0 Å². The summed E-state index contributed by atoms with van der Waals surface area (Å²) in [7, 11) is 0. The molecule has 0 bridgehead atoms. The highest BCUT2D eigenvalue weighted by molar-refractivity contribution is 4.62. The predicted octanol–water partition coefficient (Wildman–Crippen LogP) is 2.10. The highest BCUT2D eigenvalue weighted by Gasteiger charge is 2.05. The fourth-order valence-electron chi connectivity index (χ4n) is 1.30. The van der Waals surface area contributed by atoms with Gasteiger partial charge in [-0.2, -0.15) is 0 Å². The van der Waals surface area contributed by atoms with E-state index in [-0.39, 0.29) is 6.17 Å². The van der Waals surface area contributed by atoms with Crippen LogP contribution >= 0.6 is 0 Å². The van der Waals surface area contributed by atoms with Gasteiger partial charge in [0, 0.05) is 0 Å². The Morgan fingerprint density at radius 2 is 2.00 bits per heavy atom. The standard InChI is InChI=1S/C10H24N2/c1-4-6-7-10(5-2)8-12-9(3)11/h9-10,12H,4-8,11H2,1-3H3. The fraction of sp³-hybridized carbons (Fsp3) is 1.00. The Balaban J connectivity index is 3.39. The first-order chi connectivity index (χ1) is 5.70. The van der Waals surface area contributed by atoms with Crippen molar-refractivity contribution in [3.63, 3.8) is 0 Å². The van der Waals surface area contributed by atoms with Crippen molar-refractivity contribution in [2.24, 2.45) is 11.7 Å². The Hall–Kier alpha value is -0.0800. The highest BCUT2D eigenvalue weighted by atomic mass is 15.0. The summed E-state index contributed by atoms with van der Waals surface area (Å²) in [6.45, 7) is 7.57. The van der Waals surface area contributed by atoms with Gasteiger partial charge in [-0.3, -0.25) is 0 Å². The molecule has 0 aliphatic rings. The van der Waals surface area contributed by atoms with Gasteiger partial charge in [0.1, 0.15) is 0 Å². The normalized spacial score (nSPS) is 16.0. The fourth-order valence-corrected chi connectivity index (χ4v) is 1.30. The molecule has 0 aliphatic heterocycles. The average Bonchev–Trinajstić information content (AvgIpc) is 2.05. The van der Waals surface area contributed by atoms with Gasteiger partial charge in [-0.1, -0.05) is 33.1 Å². The lowest BCUT2D eigenvalue weighted by Crippen LogP contribution is -2.37. The molecule has 0 saturated carbocycles. The first kappa shape index (κ1) is 11.9. The second-order valence-corrected chi connectivity index (χ2v) is 3.61. The third-order valence-corrected chi connectivity index (χ3v) is 2.27. The lowest BCUT2D eigenvalue weighted by Gasteiger charge is -2.16. The zero-order chi connectivity index (χ0) is 9.40. The zero-order valence-electron chi connectivity index (χ0n) is 8.77. The van der Waals surface area contributed by atoms with Gasteiger partial charge in [0.2, 0.25) is 0 Å². The van der Waals surface area contributed by atoms with Crippen LogP contribution in [0.5, 0.6) is 0 Å². The molecule has 0 radical (unpaired) electrons. The first-order valence-corrected chi connectivity index (χ1v) is 5.19. The summed E-state index contributed by atoms with van der Waals surface area (Å²) in [5, 5.41) is 3.28. The van der Waals surface area contributed by atoms with E-state index in [4.69, 9.17) is 5.73 Å². The van der Waals surface area contributed by atoms with Crippen molar-refractivity contribution in [2.75, 3.05) is 6.54 Å².